The minimum Gasteiger partial charge on any atom is -0.490 e. The highest BCUT2D eigenvalue weighted by atomic mass is 16.5. The number of hydrogen-bond acceptors (Lipinski definition) is 10. The number of nitriles is 1. The van der Waals surface area contributed by atoms with Crippen molar-refractivity contribution in [1.82, 2.24) is 20.4 Å². The van der Waals surface area contributed by atoms with Gasteiger partial charge >= 0.3 is 0 Å². The molecule has 2 saturated heterocycles. The SMILES string of the molecule is Cc1cc(OC2C(C)(C)C(NC(=O)c3ccc(N4CCC(N(C)C5CC(Oc6ccc7c(c6)C(=O)N(C6CCC(=O)NC6=O)C7=O)C5)CC4)cc3)C2(C)C)cc(C)c1C#N. The van der Waals surface area contributed by atoms with Gasteiger partial charge in [0.25, 0.3) is 17.7 Å². The summed E-state index contributed by atoms with van der Waals surface area (Å²) in [6.07, 6.45) is 3.78. The molecule has 3 aromatic carbocycles. The minimum absolute atomic E-state index is 0.0106. The van der Waals surface area contributed by atoms with Gasteiger partial charge in [0.05, 0.1) is 22.8 Å². The number of hydrogen-bond donors (Lipinski definition) is 2. The lowest BCUT2D eigenvalue weighted by molar-refractivity contribution is -0.164. The van der Waals surface area contributed by atoms with Crippen molar-refractivity contribution in [3.05, 3.63) is 88.0 Å². The Kier molecular flexibility index (Phi) is 10.5. The molecule has 5 aliphatic rings. The number of carbonyl (C=O) groups is 5. The maximum absolute atomic E-state index is 13.6. The standard InChI is InChI=1S/C47H54N6O7/c1-26-20-33(21-27(2)37(26)25-48)60-45-46(3,4)44(47(45,5)6)50-40(55)28-8-10-30(11-9-28)52-18-16-29(17-19-52)51(7)31-22-34(23-31)59-32-12-13-35-36(24-32)43(58)53(42(35)57)38-14-15-39(54)49-41(38)56/h8-13,20-21,24,29,31,34,38,44-45H,14-19,22-23H2,1-7H3,(H,50,55)(H,49,54,56). The first-order valence-corrected chi connectivity index (χ1v) is 21.1. The van der Waals surface area contributed by atoms with Gasteiger partial charge in [0, 0.05) is 72.6 Å². The Hall–Kier alpha value is -5.74. The third-order valence-corrected chi connectivity index (χ3v) is 13.9. The molecule has 3 heterocycles. The van der Waals surface area contributed by atoms with Crippen molar-refractivity contribution in [2.45, 2.75) is 116 Å². The minimum atomic E-state index is -1.00. The van der Waals surface area contributed by atoms with E-state index in [1.54, 1.807) is 18.2 Å². The molecule has 314 valence electrons. The molecule has 13 heteroatoms. The van der Waals surface area contributed by atoms with Gasteiger partial charge in [-0.25, -0.2) is 0 Å². The van der Waals surface area contributed by atoms with Crippen LogP contribution in [0.25, 0.3) is 0 Å². The van der Waals surface area contributed by atoms with Gasteiger partial charge in [-0.3, -0.25) is 34.2 Å². The molecule has 0 bridgehead atoms. The molecular formula is C47H54N6O7. The van der Waals surface area contributed by atoms with Crippen LogP contribution >= 0.6 is 0 Å². The summed E-state index contributed by atoms with van der Waals surface area (Å²) in [4.78, 5) is 69.7. The maximum Gasteiger partial charge on any atom is 0.262 e. The average molecular weight is 815 g/mol. The van der Waals surface area contributed by atoms with Gasteiger partial charge in [-0.2, -0.15) is 5.26 Å². The van der Waals surface area contributed by atoms with Crippen molar-refractivity contribution < 1.29 is 33.4 Å². The molecule has 2 saturated carbocycles. The van der Waals surface area contributed by atoms with E-state index in [4.69, 9.17) is 9.47 Å². The number of nitrogens with zero attached hydrogens (tertiary/aromatic N) is 4. The van der Waals surface area contributed by atoms with E-state index < -0.39 is 29.7 Å². The Morgan fingerprint density at radius 3 is 2.08 bits per heavy atom. The molecule has 2 aliphatic carbocycles. The number of imide groups is 2. The summed E-state index contributed by atoms with van der Waals surface area (Å²) in [5, 5.41) is 15.0. The van der Waals surface area contributed by atoms with Crippen molar-refractivity contribution in [3.63, 3.8) is 0 Å². The fourth-order valence-corrected chi connectivity index (χ4v) is 10.7. The molecule has 0 spiro atoms. The van der Waals surface area contributed by atoms with E-state index in [2.05, 4.69) is 61.2 Å². The lowest BCUT2D eigenvalue weighted by atomic mass is 9.49. The van der Waals surface area contributed by atoms with Crippen molar-refractivity contribution >= 4 is 35.2 Å². The van der Waals surface area contributed by atoms with Gasteiger partial charge in [-0.05, 0) is 106 Å². The summed E-state index contributed by atoms with van der Waals surface area (Å²) < 4.78 is 12.8. The van der Waals surface area contributed by atoms with Crippen LogP contribution < -0.4 is 25.0 Å². The summed E-state index contributed by atoms with van der Waals surface area (Å²) >= 11 is 0. The smallest absolute Gasteiger partial charge is 0.262 e. The monoisotopic (exact) mass is 814 g/mol. The Morgan fingerprint density at radius 1 is 0.833 bits per heavy atom. The summed E-state index contributed by atoms with van der Waals surface area (Å²) in [7, 11) is 2.19. The summed E-state index contributed by atoms with van der Waals surface area (Å²) in [6, 6.07) is 18.6. The van der Waals surface area contributed by atoms with Gasteiger partial charge in [0.2, 0.25) is 11.8 Å². The van der Waals surface area contributed by atoms with E-state index in [-0.39, 0.29) is 59.0 Å². The van der Waals surface area contributed by atoms with Gasteiger partial charge in [0.15, 0.2) is 0 Å². The molecule has 1 unspecified atom stereocenters. The van der Waals surface area contributed by atoms with Gasteiger partial charge in [-0.15, -0.1) is 0 Å². The fourth-order valence-electron chi connectivity index (χ4n) is 10.7. The number of fused-ring (bicyclic) bond motifs is 1. The number of amides is 5. The molecule has 4 fully saturated rings. The normalized spacial score (nSPS) is 25.8. The topological polar surface area (TPSA) is 161 Å². The first-order valence-electron chi connectivity index (χ1n) is 21.1. The number of carbonyl (C=O) groups excluding carboxylic acids is 5. The van der Waals surface area contributed by atoms with Crippen LogP contribution in [0.3, 0.4) is 0 Å². The van der Waals surface area contributed by atoms with Crippen LogP contribution in [0.1, 0.15) is 114 Å². The average Bonchev–Trinajstić information content (AvgIpc) is 3.44. The first kappa shape index (κ1) is 41.0. The van der Waals surface area contributed by atoms with Crippen molar-refractivity contribution in [2.75, 3.05) is 25.0 Å². The van der Waals surface area contributed by atoms with Crippen LogP contribution in [0.4, 0.5) is 5.69 Å². The van der Waals surface area contributed by atoms with Gasteiger partial charge in [0.1, 0.15) is 29.7 Å². The van der Waals surface area contributed by atoms with Crippen LogP contribution in [-0.2, 0) is 9.59 Å². The predicted octanol–water partition coefficient (Wildman–Crippen LogP) is 5.70. The molecule has 2 N–H and O–H groups in total. The lowest BCUT2D eigenvalue weighted by Gasteiger charge is -2.63. The number of anilines is 1. The van der Waals surface area contributed by atoms with E-state index in [1.807, 2.05) is 50.2 Å². The van der Waals surface area contributed by atoms with E-state index in [9.17, 15) is 29.2 Å². The quantitative estimate of drug-likeness (QED) is 0.243. The summed E-state index contributed by atoms with van der Waals surface area (Å²) in [6.45, 7) is 14.2. The zero-order chi connectivity index (χ0) is 42.8. The largest absolute Gasteiger partial charge is 0.490 e. The van der Waals surface area contributed by atoms with Crippen LogP contribution in [0, 0.1) is 36.0 Å². The number of rotatable bonds is 10. The van der Waals surface area contributed by atoms with Crippen LogP contribution in [0.2, 0.25) is 0 Å². The van der Waals surface area contributed by atoms with E-state index >= 15 is 0 Å². The van der Waals surface area contributed by atoms with E-state index in [1.165, 1.54) is 0 Å². The Morgan fingerprint density at radius 2 is 1.47 bits per heavy atom. The predicted molar refractivity (Wildman–Crippen MR) is 224 cm³/mol. The lowest BCUT2D eigenvalue weighted by Crippen LogP contribution is -2.74. The van der Waals surface area contributed by atoms with Crippen LogP contribution in [0.5, 0.6) is 11.5 Å². The third-order valence-electron chi connectivity index (χ3n) is 13.9. The third kappa shape index (κ3) is 7.18. The van der Waals surface area contributed by atoms with E-state index in [0.29, 0.717) is 29.0 Å². The molecule has 0 radical (unpaired) electrons. The Labute approximate surface area is 351 Å². The van der Waals surface area contributed by atoms with Gasteiger partial charge < -0.3 is 24.6 Å². The number of nitrogens with one attached hydrogen (secondary N) is 2. The highest BCUT2D eigenvalue weighted by Crippen LogP contribution is 2.55. The molecule has 3 aliphatic heterocycles. The fraction of sp³-hybridized carbons (Fsp3) is 0.489. The zero-order valence-electron chi connectivity index (χ0n) is 35.5. The Balaban J connectivity index is 0.793. The molecule has 1 atom stereocenters. The first-order chi connectivity index (χ1) is 28.5. The van der Waals surface area contributed by atoms with E-state index in [0.717, 1.165) is 66.2 Å². The molecule has 8 rings (SSSR count). The molecule has 60 heavy (non-hydrogen) atoms. The van der Waals surface area contributed by atoms with Crippen molar-refractivity contribution in [2.24, 2.45) is 10.8 Å². The molecule has 13 nitrogen and oxygen atoms in total. The summed E-state index contributed by atoms with van der Waals surface area (Å²) in [5.41, 5.74) is 3.99. The number of ether oxygens (including phenoxy) is 2. The Bertz CT molecular complexity index is 2260. The number of benzene rings is 3. The maximum atomic E-state index is 13.6. The van der Waals surface area contributed by atoms with Gasteiger partial charge in [-0.1, -0.05) is 27.7 Å². The van der Waals surface area contributed by atoms with Crippen molar-refractivity contribution in [3.8, 4) is 17.6 Å². The molecular weight excluding hydrogens is 761 g/mol. The molecule has 5 amide bonds. The van der Waals surface area contributed by atoms with Crippen molar-refractivity contribution in [1.29, 1.82) is 5.26 Å². The highest BCUT2D eigenvalue weighted by molar-refractivity contribution is 6.23. The second kappa shape index (κ2) is 15.4. The molecule has 3 aromatic rings. The van der Waals surface area contributed by atoms with Crippen LogP contribution in [0.15, 0.2) is 54.6 Å². The number of aryl methyl sites for hydroxylation is 2. The molecule has 0 aromatic heterocycles. The zero-order valence-corrected chi connectivity index (χ0v) is 35.5. The highest BCUT2D eigenvalue weighted by Gasteiger charge is 2.64. The summed E-state index contributed by atoms with van der Waals surface area (Å²) in [5.74, 6) is -0.951. The van der Waals surface area contributed by atoms with Crippen LogP contribution in [-0.4, -0.2) is 95.8 Å². The second-order valence-electron chi connectivity index (χ2n) is 18.5. The second-order valence-corrected chi connectivity index (χ2v) is 18.5. The number of piperidine rings is 2.